The van der Waals surface area contributed by atoms with Crippen LogP contribution in [0.3, 0.4) is 0 Å². The highest BCUT2D eigenvalue weighted by molar-refractivity contribution is 6.44. The van der Waals surface area contributed by atoms with Crippen LogP contribution in [0.2, 0.25) is 10.0 Å². The van der Waals surface area contributed by atoms with Crippen LogP contribution in [0.4, 0.5) is 5.69 Å². The summed E-state index contributed by atoms with van der Waals surface area (Å²) in [6, 6.07) is 3.29. The molecule has 0 aromatic heterocycles. The standard InChI is InChI=1S/C14H18Cl2N2O/c1-14(2)4-3-9(7-14)18-13(19)10-5-8(17)6-11(15)12(10)16/h5-6,9H,3-4,7,17H2,1-2H3,(H,18,19). The van der Waals surface area contributed by atoms with Gasteiger partial charge in [-0.15, -0.1) is 0 Å². The lowest BCUT2D eigenvalue weighted by molar-refractivity contribution is 0.0936. The Hall–Kier alpha value is -0.930. The highest BCUT2D eigenvalue weighted by Crippen LogP contribution is 2.37. The van der Waals surface area contributed by atoms with E-state index in [0.29, 0.717) is 16.3 Å². The molecular formula is C14H18Cl2N2O. The summed E-state index contributed by atoms with van der Waals surface area (Å²) in [4.78, 5) is 12.2. The molecule has 1 aromatic rings. The summed E-state index contributed by atoms with van der Waals surface area (Å²) in [5.41, 5.74) is 6.76. The zero-order valence-corrected chi connectivity index (χ0v) is 12.6. The lowest BCUT2D eigenvalue weighted by Gasteiger charge is -2.18. The fraction of sp³-hybridized carbons (Fsp3) is 0.500. The highest BCUT2D eigenvalue weighted by atomic mass is 35.5. The summed E-state index contributed by atoms with van der Waals surface area (Å²) in [6.07, 6.45) is 3.09. The molecule has 104 valence electrons. The van der Waals surface area contributed by atoms with Gasteiger partial charge in [0.2, 0.25) is 0 Å². The van der Waals surface area contributed by atoms with Crippen molar-refractivity contribution in [3.63, 3.8) is 0 Å². The van der Waals surface area contributed by atoms with Crippen LogP contribution in [-0.4, -0.2) is 11.9 Å². The minimum Gasteiger partial charge on any atom is -0.399 e. The number of nitrogens with one attached hydrogen (secondary N) is 1. The number of anilines is 1. The van der Waals surface area contributed by atoms with Crippen molar-refractivity contribution in [2.45, 2.75) is 39.2 Å². The number of nitrogen functional groups attached to an aromatic ring is 1. The molecule has 0 heterocycles. The van der Waals surface area contributed by atoms with Crippen LogP contribution in [0, 0.1) is 5.41 Å². The highest BCUT2D eigenvalue weighted by Gasteiger charge is 2.32. The molecule has 0 radical (unpaired) electrons. The van der Waals surface area contributed by atoms with E-state index < -0.39 is 0 Å². The SMILES string of the molecule is CC1(C)CCC(NC(=O)c2cc(N)cc(Cl)c2Cl)C1. The van der Waals surface area contributed by atoms with Crippen LogP contribution in [0.25, 0.3) is 0 Å². The van der Waals surface area contributed by atoms with Gasteiger partial charge in [0.05, 0.1) is 15.6 Å². The van der Waals surface area contributed by atoms with Crippen LogP contribution in [0.5, 0.6) is 0 Å². The van der Waals surface area contributed by atoms with Gasteiger partial charge in [-0.3, -0.25) is 4.79 Å². The summed E-state index contributed by atoms with van der Waals surface area (Å²) in [5, 5.41) is 3.57. The number of halogens is 2. The third-order valence-electron chi connectivity index (χ3n) is 3.60. The Balaban J connectivity index is 2.13. The lowest BCUT2D eigenvalue weighted by atomic mass is 9.92. The average molecular weight is 301 g/mol. The third kappa shape index (κ3) is 3.34. The molecule has 1 fully saturated rings. The van der Waals surface area contributed by atoms with Crippen LogP contribution in [-0.2, 0) is 0 Å². The molecule has 0 bridgehead atoms. The van der Waals surface area contributed by atoms with Gasteiger partial charge in [0, 0.05) is 11.7 Å². The van der Waals surface area contributed by atoms with Gasteiger partial charge in [-0.1, -0.05) is 37.0 Å². The van der Waals surface area contributed by atoms with E-state index in [1.54, 1.807) is 12.1 Å². The summed E-state index contributed by atoms with van der Waals surface area (Å²) < 4.78 is 0. The van der Waals surface area contributed by atoms with E-state index >= 15 is 0 Å². The monoisotopic (exact) mass is 300 g/mol. The zero-order chi connectivity index (χ0) is 14.2. The summed E-state index contributed by atoms with van der Waals surface area (Å²) in [7, 11) is 0. The number of rotatable bonds is 2. The first-order chi connectivity index (χ1) is 8.78. The Morgan fingerprint density at radius 2 is 2.11 bits per heavy atom. The Morgan fingerprint density at radius 3 is 2.68 bits per heavy atom. The summed E-state index contributed by atoms with van der Waals surface area (Å²) >= 11 is 12.0. The molecule has 1 unspecified atom stereocenters. The van der Waals surface area contributed by atoms with Crippen molar-refractivity contribution in [1.82, 2.24) is 5.32 Å². The van der Waals surface area contributed by atoms with Gasteiger partial charge in [0.25, 0.3) is 5.91 Å². The van der Waals surface area contributed by atoms with Gasteiger partial charge in [-0.25, -0.2) is 0 Å². The Labute approximate surface area is 123 Å². The molecule has 1 saturated carbocycles. The molecule has 0 spiro atoms. The first kappa shape index (κ1) is 14.5. The largest absolute Gasteiger partial charge is 0.399 e. The maximum Gasteiger partial charge on any atom is 0.253 e. The van der Waals surface area contributed by atoms with Gasteiger partial charge < -0.3 is 11.1 Å². The zero-order valence-electron chi connectivity index (χ0n) is 11.1. The van der Waals surface area contributed by atoms with Gasteiger partial charge in [0.15, 0.2) is 0 Å². The maximum absolute atomic E-state index is 12.2. The Kier molecular flexibility index (Phi) is 3.98. The van der Waals surface area contributed by atoms with E-state index in [9.17, 15) is 4.79 Å². The van der Waals surface area contributed by atoms with Crippen molar-refractivity contribution in [1.29, 1.82) is 0 Å². The first-order valence-corrected chi connectivity index (χ1v) is 7.09. The summed E-state index contributed by atoms with van der Waals surface area (Å²) in [5.74, 6) is -0.207. The van der Waals surface area contributed by atoms with Gasteiger partial charge in [-0.05, 0) is 36.8 Å². The molecule has 3 nitrogen and oxygen atoms in total. The quantitative estimate of drug-likeness (QED) is 0.814. The van der Waals surface area contributed by atoms with Crippen molar-refractivity contribution in [2.75, 3.05) is 5.73 Å². The van der Waals surface area contributed by atoms with E-state index in [2.05, 4.69) is 19.2 Å². The molecule has 3 N–H and O–H groups in total. The molecule has 0 saturated heterocycles. The van der Waals surface area contributed by atoms with Crippen LogP contribution < -0.4 is 11.1 Å². The van der Waals surface area contributed by atoms with Crippen molar-refractivity contribution >= 4 is 34.8 Å². The predicted octanol–water partition coefficient (Wildman–Crippen LogP) is 3.88. The topological polar surface area (TPSA) is 55.1 Å². The third-order valence-corrected chi connectivity index (χ3v) is 4.40. The van der Waals surface area contributed by atoms with Gasteiger partial charge in [0.1, 0.15) is 0 Å². The second-order valence-electron chi connectivity index (χ2n) is 5.94. The lowest BCUT2D eigenvalue weighted by Crippen LogP contribution is -2.33. The maximum atomic E-state index is 12.2. The summed E-state index contributed by atoms with van der Waals surface area (Å²) in [6.45, 7) is 4.42. The molecule has 1 aromatic carbocycles. The molecule has 19 heavy (non-hydrogen) atoms. The number of benzene rings is 1. The van der Waals surface area contributed by atoms with E-state index in [-0.39, 0.29) is 22.4 Å². The molecule has 5 heteroatoms. The van der Waals surface area contributed by atoms with E-state index in [1.807, 2.05) is 0 Å². The fourth-order valence-electron chi connectivity index (χ4n) is 2.60. The molecule has 1 aliphatic carbocycles. The Morgan fingerprint density at radius 1 is 1.42 bits per heavy atom. The second-order valence-corrected chi connectivity index (χ2v) is 6.73. The fourth-order valence-corrected chi connectivity index (χ4v) is 3.02. The molecule has 0 aliphatic heterocycles. The van der Waals surface area contributed by atoms with Crippen LogP contribution in [0.1, 0.15) is 43.5 Å². The van der Waals surface area contributed by atoms with E-state index in [4.69, 9.17) is 28.9 Å². The van der Waals surface area contributed by atoms with Crippen LogP contribution in [0.15, 0.2) is 12.1 Å². The molecule has 2 rings (SSSR count). The Bertz CT molecular complexity index is 514. The van der Waals surface area contributed by atoms with Crippen molar-refractivity contribution in [3.05, 3.63) is 27.7 Å². The predicted molar refractivity (Wildman–Crippen MR) is 79.8 cm³/mol. The first-order valence-electron chi connectivity index (χ1n) is 6.34. The number of carbonyl (C=O) groups is 1. The van der Waals surface area contributed by atoms with Crippen molar-refractivity contribution in [2.24, 2.45) is 5.41 Å². The average Bonchev–Trinajstić information content (AvgIpc) is 2.63. The van der Waals surface area contributed by atoms with Crippen molar-refractivity contribution in [3.8, 4) is 0 Å². The van der Waals surface area contributed by atoms with E-state index in [1.165, 1.54) is 0 Å². The number of amides is 1. The van der Waals surface area contributed by atoms with Gasteiger partial charge in [-0.2, -0.15) is 0 Å². The smallest absolute Gasteiger partial charge is 0.253 e. The minimum atomic E-state index is -0.207. The number of carbonyl (C=O) groups excluding carboxylic acids is 1. The second kappa shape index (κ2) is 5.22. The van der Waals surface area contributed by atoms with E-state index in [0.717, 1.165) is 19.3 Å². The molecule has 1 aliphatic rings. The molecule has 1 atom stereocenters. The molecular weight excluding hydrogens is 283 g/mol. The number of hydrogen-bond acceptors (Lipinski definition) is 2. The normalized spacial score (nSPS) is 21.4. The van der Waals surface area contributed by atoms with Crippen molar-refractivity contribution < 1.29 is 4.79 Å². The molecule has 1 amide bonds. The minimum absolute atomic E-state index is 0.193. The van der Waals surface area contributed by atoms with Crippen LogP contribution >= 0.6 is 23.2 Å². The number of nitrogens with two attached hydrogens (primary N) is 1. The number of hydrogen-bond donors (Lipinski definition) is 2. The van der Waals surface area contributed by atoms with Gasteiger partial charge >= 0.3 is 0 Å².